The van der Waals surface area contributed by atoms with E-state index in [1.807, 2.05) is 35.1 Å². The van der Waals surface area contributed by atoms with Crippen LogP contribution in [0.3, 0.4) is 0 Å². The van der Waals surface area contributed by atoms with Gasteiger partial charge in [0, 0.05) is 47.1 Å². The van der Waals surface area contributed by atoms with Gasteiger partial charge < -0.3 is 4.52 Å². The summed E-state index contributed by atoms with van der Waals surface area (Å²) < 4.78 is 31.4. The van der Waals surface area contributed by atoms with Gasteiger partial charge in [0.05, 0.1) is 4.90 Å². The first kappa shape index (κ1) is 20.4. The number of hydrogen-bond acceptors (Lipinski definition) is 5. The molecule has 0 unspecified atom stereocenters. The van der Waals surface area contributed by atoms with Crippen molar-refractivity contribution in [2.24, 2.45) is 0 Å². The molecule has 3 aromatic rings. The Hall–Kier alpha value is -1.93. The van der Waals surface area contributed by atoms with Crippen LogP contribution in [-0.4, -0.2) is 49.0 Å². The van der Waals surface area contributed by atoms with Crippen LogP contribution in [-0.2, 0) is 14.8 Å². The van der Waals surface area contributed by atoms with E-state index < -0.39 is 15.9 Å². The summed E-state index contributed by atoms with van der Waals surface area (Å²) in [4.78, 5) is 11.4. The largest absolute Gasteiger partial charge is 0.363 e. The van der Waals surface area contributed by atoms with Crippen LogP contribution in [0.15, 0.2) is 70.3 Å². The molecule has 0 saturated heterocycles. The van der Waals surface area contributed by atoms with Gasteiger partial charge in [-0.25, -0.2) is 13.1 Å². The molecular formula is C18H16N2NaO4S. The molecule has 0 saturated carbocycles. The fourth-order valence-electron chi connectivity index (χ4n) is 2.34. The second kappa shape index (κ2) is 8.64. The third-order valence-corrected chi connectivity index (χ3v) is 5.05. The number of rotatable bonds is 5. The molecule has 1 aromatic heterocycles. The molecule has 2 aromatic carbocycles. The second-order valence-corrected chi connectivity index (χ2v) is 7.03. The minimum Gasteiger partial charge on any atom is -0.363 e. The average molecular weight is 379 g/mol. The number of aromatic nitrogens is 1. The van der Waals surface area contributed by atoms with Crippen molar-refractivity contribution in [2.45, 2.75) is 18.2 Å². The predicted molar refractivity (Wildman–Crippen MR) is 98.7 cm³/mol. The third kappa shape index (κ3) is 4.42. The van der Waals surface area contributed by atoms with Crippen LogP contribution < -0.4 is 4.72 Å². The Morgan fingerprint density at radius 3 is 2.31 bits per heavy atom. The third-order valence-electron chi connectivity index (χ3n) is 3.66. The van der Waals surface area contributed by atoms with Crippen LogP contribution in [0.1, 0.15) is 13.3 Å². The van der Waals surface area contributed by atoms with Gasteiger partial charge in [-0.3, -0.25) is 4.79 Å². The normalized spacial score (nSPS) is 10.8. The summed E-state index contributed by atoms with van der Waals surface area (Å²) in [6, 6.07) is 15.8. The van der Waals surface area contributed by atoms with Gasteiger partial charge in [0.15, 0.2) is 0 Å². The van der Waals surface area contributed by atoms with Crippen LogP contribution >= 0.6 is 0 Å². The maximum Gasteiger partial charge on any atom is 0.264 e. The molecule has 0 fully saturated rings. The second-order valence-electron chi connectivity index (χ2n) is 5.35. The zero-order valence-corrected chi connectivity index (χ0v) is 17.3. The topological polar surface area (TPSA) is 89.3 Å². The SMILES string of the molecule is CCC(=O)NS(=O)(=O)c1ccc(-c2conc2-c2ccccc2)cc1.[Na]. The fraction of sp³-hybridized carbons (Fsp3) is 0.111. The van der Waals surface area contributed by atoms with E-state index in [1.165, 1.54) is 18.4 Å². The number of nitrogens with one attached hydrogen (secondary N) is 1. The first-order valence-electron chi connectivity index (χ1n) is 7.67. The van der Waals surface area contributed by atoms with E-state index in [4.69, 9.17) is 4.52 Å². The number of amides is 1. The van der Waals surface area contributed by atoms with Gasteiger partial charge in [0.2, 0.25) is 5.91 Å². The van der Waals surface area contributed by atoms with E-state index >= 15 is 0 Å². The van der Waals surface area contributed by atoms with Crippen molar-refractivity contribution >= 4 is 45.5 Å². The van der Waals surface area contributed by atoms with Gasteiger partial charge in [0.1, 0.15) is 12.0 Å². The molecule has 1 amide bonds. The molecule has 6 nitrogen and oxygen atoms in total. The number of nitrogens with zero attached hydrogens (tertiary/aromatic N) is 1. The van der Waals surface area contributed by atoms with Crippen LogP contribution in [0.25, 0.3) is 22.4 Å². The first-order valence-corrected chi connectivity index (χ1v) is 9.15. The number of carbonyl (C=O) groups excluding carboxylic acids is 1. The van der Waals surface area contributed by atoms with E-state index in [1.54, 1.807) is 19.1 Å². The molecule has 0 aliphatic heterocycles. The number of carbonyl (C=O) groups is 1. The van der Waals surface area contributed by atoms with Gasteiger partial charge >= 0.3 is 0 Å². The molecule has 129 valence electrons. The van der Waals surface area contributed by atoms with Gasteiger partial charge in [-0.15, -0.1) is 0 Å². The Bertz CT molecular complexity index is 984. The van der Waals surface area contributed by atoms with Gasteiger partial charge in [0.25, 0.3) is 10.0 Å². The van der Waals surface area contributed by atoms with Crippen molar-refractivity contribution in [1.29, 1.82) is 0 Å². The van der Waals surface area contributed by atoms with E-state index in [0.717, 1.165) is 16.7 Å². The Morgan fingerprint density at radius 2 is 1.69 bits per heavy atom. The first-order chi connectivity index (χ1) is 12.0. The zero-order chi connectivity index (χ0) is 17.9. The molecule has 0 aliphatic rings. The Kier molecular flexibility index (Phi) is 6.77. The molecule has 26 heavy (non-hydrogen) atoms. The molecule has 0 atom stereocenters. The van der Waals surface area contributed by atoms with Crippen LogP contribution in [0.5, 0.6) is 0 Å². The average Bonchev–Trinajstić information content (AvgIpc) is 3.12. The molecule has 3 rings (SSSR count). The minimum absolute atomic E-state index is 0. The van der Waals surface area contributed by atoms with E-state index in [0.29, 0.717) is 5.69 Å². The van der Waals surface area contributed by atoms with Crippen molar-refractivity contribution in [1.82, 2.24) is 9.88 Å². The molecular weight excluding hydrogens is 363 g/mol. The summed E-state index contributed by atoms with van der Waals surface area (Å²) in [6.45, 7) is 1.59. The monoisotopic (exact) mass is 379 g/mol. The van der Waals surface area contributed by atoms with Crippen molar-refractivity contribution < 1.29 is 17.7 Å². The minimum atomic E-state index is -3.86. The van der Waals surface area contributed by atoms with Gasteiger partial charge in [-0.2, -0.15) is 0 Å². The predicted octanol–water partition coefficient (Wildman–Crippen LogP) is 2.84. The standard InChI is InChI=1S/C18H16N2O4S.Na/c1-2-17(21)20-25(22,23)15-10-8-13(9-11-15)16-12-24-19-18(16)14-6-4-3-5-7-14;/h3-12H,2H2,1H3,(H,20,21);. The summed E-state index contributed by atoms with van der Waals surface area (Å²) >= 11 is 0. The summed E-state index contributed by atoms with van der Waals surface area (Å²) in [6.07, 6.45) is 1.61. The maximum absolute atomic E-state index is 12.1. The Morgan fingerprint density at radius 1 is 1.04 bits per heavy atom. The summed E-state index contributed by atoms with van der Waals surface area (Å²) in [5, 5.41) is 4.03. The van der Waals surface area contributed by atoms with Crippen molar-refractivity contribution in [3.8, 4) is 22.4 Å². The van der Waals surface area contributed by atoms with Crippen LogP contribution in [0.4, 0.5) is 0 Å². The molecule has 0 bridgehead atoms. The van der Waals surface area contributed by atoms with Gasteiger partial charge in [-0.05, 0) is 17.7 Å². The smallest absolute Gasteiger partial charge is 0.264 e. The summed E-state index contributed by atoms with van der Waals surface area (Å²) in [7, 11) is -3.86. The fourth-order valence-corrected chi connectivity index (χ4v) is 3.40. The molecule has 1 radical (unpaired) electrons. The zero-order valence-electron chi connectivity index (χ0n) is 14.5. The maximum atomic E-state index is 12.1. The Balaban J connectivity index is 0.00000243. The quantitative estimate of drug-likeness (QED) is 0.689. The van der Waals surface area contributed by atoms with Crippen molar-refractivity contribution in [3.63, 3.8) is 0 Å². The van der Waals surface area contributed by atoms with Crippen molar-refractivity contribution in [2.75, 3.05) is 0 Å². The molecule has 0 spiro atoms. The van der Waals surface area contributed by atoms with Gasteiger partial charge in [-0.1, -0.05) is 54.5 Å². The van der Waals surface area contributed by atoms with Crippen LogP contribution in [0.2, 0.25) is 0 Å². The van der Waals surface area contributed by atoms with E-state index in [-0.39, 0.29) is 40.9 Å². The van der Waals surface area contributed by atoms with Crippen molar-refractivity contribution in [3.05, 3.63) is 60.9 Å². The number of hydrogen-bond donors (Lipinski definition) is 1. The number of sulfonamides is 1. The molecule has 1 heterocycles. The molecule has 0 aliphatic carbocycles. The van der Waals surface area contributed by atoms with E-state index in [2.05, 4.69) is 5.16 Å². The van der Waals surface area contributed by atoms with E-state index in [9.17, 15) is 13.2 Å². The molecule has 8 heteroatoms. The van der Waals surface area contributed by atoms with Crippen LogP contribution in [0, 0.1) is 0 Å². The summed E-state index contributed by atoms with van der Waals surface area (Å²) in [5.74, 6) is -0.547. The Labute approximate surface area is 173 Å². The summed E-state index contributed by atoms with van der Waals surface area (Å²) in [5.41, 5.74) is 3.10. The number of benzene rings is 2. The molecule has 1 N–H and O–H groups in total.